The van der Waals surface area contributed by atoms with E-state index in [0.717, 1.165) is 5.56 Å². The van der Waals surface area contributed by atoms with Gasteiger partial charge in [0.2, 0.25) is 0 Å². The number of aliphatic hydroxyl groups excluding tert-OH is 1. The summed E-state index contributed by atoms with van der Waals surface area (Å²) in [7, 11) is 0. The number of aliphatic hydroxyl groups is 1. The van der Waals surface area contributed by atoms with Crippen molar-refractivity contribution in [3.63, 3.8) is 0 Å². The second kappa shape index (κ2) is 8.00. The van der Waals surface area contributed by atoms with Crippen molar-refractivity contribution in [3.05, 3.63) is 28.8 Å². The molecule has 1 rings (SSSR count). The number of anilines is 1. The summed E-state index contributed by atoms with van der Waals surface area (Å²) in [4.78, 5) is 23.5. The van der Waals surface area contributed by atoms with E-state index >= 15 is 0 Å². The maximum atomic E-state index is 11.8. The van der Waals surface area contributed by atoms with Gasteiger partial charge < -0.3 is 15.7 Å². The summed E-state index contributed by atoms with van der Waals surface area (Å²) >= 11 is 5.86. The van der Waals surface area contributed by atoms with Crippen LogP contribution in [0.1, 0.15) is 25.8 Å². The maximum absolute atomic E-state index is 11.8. The second-order valence-corrected chi connectivity index (χ2v) is 5.75. The molecule has 0 heterocycles. The first-order chi connectivity index (χ1) is 9.79. The van der Waals surface area contributed by atoms with Gasteiger partial charge in [0, 0.05) is 17.3 Å². The summed E-state index contributed by atoms with van der Waals surface area (Å²) in [6.45, 7) is 5.74. The van der Waals surface area contributed by atoms with Crippen molar-refractivity contribution in [1.82, 2.24) is 5.32 Å². The minimum Gasteiger partial charge on any atom is -0.393 e. The summed E-state index contributed by atoms with van der Waals surface area (Å²) in [6.07, 6.45) is 0.134. The molecule has 2 amide bonds. The van der Waals surface area contributed by atoms with Crippen molar-refractivity contribution >= 4 is 29.1 Å². The zero-order valence-corrected chi connectivity index (χ0v) is 13.2. The topological polar surface area (TPSA) is 78.4 Å². The highest BCUT2D eigenvalue weighted by Gasteiger charge is 2.16. The van der Waals surface area contributed by atoms with Gasteiger partial charge in [-0.2, -0.15) is 0 Å². The molecule has 0 aliphatic carbocycles. The van der Waals surface area contributed by atoms with E-state index in [2.05, 4.69) is 10.6 Å². The van der Waals surface area contributed by atoms with E-state index in [1.807, 2.05) is 13.8 Å². The van der Waals surface area contributed by atoms with Crippen LogP contribution in [0.15, 0.2) is 18.2 Å². The van der Waals surface area contributed by atoms with Crippen LogP contribution in [0.4, 0.5) is 5.69 Å². The molecule has 116 valence electrons. The number of carbonyl (C=O) groups excluding carboxylic acids is 2. The molecule has 1 aromatic carbocycles. The molecule has 2 unspecified atom stereocenters. The number of aryl methyl sites for hydroxylation is 1. The monoisotopic (exact) mass is 312 g/mol. The third kappa shape index (κ3) is 6.14. The molecule has 0 spiro atoms. The first kappa shape index (κ1) is 17.5. The lowest BCUT2D eigenvalue weighted by Crippen LogP contribution is -2.38. The van der Waals surface area contributed by atoms with E-state index < -0.39 is 17.9 Å². The Bertz CT molecular complexity index is 518. The van der Waals surface area contributed by atoms with Gasteiger partial charge in [0.15, 0.2) is 0 Å². The van der Waals surface area contributed by atoms with Crippen molar-refractivity contribution in [2.24, 2.45) is 5.92 Å². The van der Waals surface area contributed by atoms with Crippen LogP contribution >= 0.6 is 11.6 Å². The molecule has 0 saturated carbocycles. The molecular formula is C15H21ClN2O3. The minimum atomic E-state index is -0.732. The Kier molecular flexibility index (Phi) is 6.65. The van der Waals surface area contributed by atoms with Crippen LogP contribution in [0.5, 0.6) is 0 Å². The Balaban J connectivity index is 2.51. The van der Waals surface area contributed by atoms with E-state index in [0.29, 0.717) is 23.7 Å². The number of carbonyl (C=O) groups is 2. The van der Waals surface area contributed by atoms with Crippen LogP contribution in [0.25, 0.3) is 0 Å². The zero-order valence-electron chi connectivity index (χ0n) is 12.4. The van der Waals surface area contributed by atoms with Crippen molar-refractivity contribution in [2.45, 2.75) is 33.3 Å². The Morgan fingerprint density at radius 1 is 1.29 bits per heavy atom. The molecule has 3 N–H and O–H groups in total. The standard InChI is InChI=1S/C15H21ClN2O3/c1-9(6-11(3)19)8-17-14(20)15(21)18-13-7-12(16)5-4-10(13)2/h4-5,7,9,11,19H,6,8H2,1-3H3,(H,17,20)(H,18,21). The van der Waals surface area contributed by atoms with Crippen molar-refractivity contribution < 1.29 is 14.7 Å². The average molecular weight is 313 g/mol. The molecule has 0 saturated heterocycles. The highest BCUT2D eigenvalue weighted by atomic mass is 35.5. The van der Waals surface area contributed by atoms with Gasteiger partial charge in [0.25, 0.3) is 0 Å². The fraction of sp³-hybridized carbons (Fsp3) is 0.467. The lowest BCUT2D eigenvalue weighted by molar-refractivity contribution is -0.136. The molecule has 2 atom stereocenters. The summed E-state index contributed by atoms with van der Waals surface area (Å²) in [5.74, 6) is -1.34. The lowest BCUT2D eigenvalue weighted by atomic mass is 10.0. The van der Waals surface area contributed by atoms with Crippen molar-refractivity contribution in [1.29, 1.82) is 0 Å². The van der Waals surface area contributed by atoms with Crippen LogP contribution in [0.3, 0.4) is 0 Å². The molecule has 21 heavy (non-hydrogen) atoms. The first-order valence-corrected chi connectivity index (χ1v) is 7.20. The summed E-state index contributed by atoms with van der Waals surface area (Å²) < 4.78 is 0. The maximum Gasteiger partial charge on any atom is 0.313 e. The fourth-order valence-electron chi connectivity index (χ4n) is 1.92. The summed E-state index contributed by atoms with van der Waals surface area (Å²) in [5, 5.41) is 14.8. The minimum absolute atomic E-state index is 0.0923. The Morgan fingerprint density at radius 3 is 2.57 bits per heavy atom. The Labute approximate surface area is 129 Å². The Hall–Kier alpha value is -1.59. The SMILES string of the molecule is Cc1ccc(Cl)cc1NC(=O)C(=O)NCC(C)CC(C)O. The molecule has 1 aromatic rings. The number of rotatable bonds is 5. The second-order valence-electron chi connectivity index (χ2n) is 5.31. The van der Waals surface area contributed by atoms with Crippen LogP contribution < -0.4 is 10.6 Å². The normalized spacial score (nSPS) is 13.4. The first-order valence-electron chi connectivity index (χ1n) is 6.83. The molecule has 5 nitrogen and oxygen atoms in total. The number of halogens is 1. The molecular weight excluding hydrogens is 292 g/mol. The highest BCUT2D eigenvalue weighted by molar-refractivity contribution is 6.40. The van der Waals surface area contributed by atoms with Gasteiger partial charge in [-0.3, -0.25) is 9.59 Å². The largest absolute Gasteiger partial charge is 0.393 e. The molecule has 6 heteroatoms. The average Bonchev–Trinajstić information content (AvgIpc) is 2.39. The molecule has 0 fully saturated rings. The number of amides is 2. The summed E-state index contributed by atoms with van der Waals surface area (Å²) in [5.41, 5.74) is 1.34. The number of nitrogens with one attached hydrogen (secondary N) is 2. The van der Waals surface area contributed by atoms with Crippen LogP contribution in [0.2, 0.25) is 5.02 Å². The third-order valence-electron chi connectivity index (χ3n) is 3.01. The molecule has 0 aliphatic rings. The summed E-state index contributed by atoms with van der Waals surface area (Å²) in [6, 6.07) is 5.07. The van der Waals surface area contributed by atoms with Gasteiger partial charge in [0.05, 0.1) is 6.10 Å². The van der Waals surface area contributed by atoms with Crippen LogP contribution in [0, 0.1) is 12.8 Å². The van der Waals surface area contributed by atoms with E-state index in [9.17, 15) is 14.7 Å². The predicted octanol–water partition coefficient (Wildman–Crippen LogP) is 2.11. The van der Waals surface area contributed by atoms with E-state index in [4.69, 9.17) is 11.6 Å². The quantitative estimate of drug-likeness (QED) is 0.729. The van der Waals surface area contributed by atoms with Crippen LogP contribution in [-0.2, 0) is 9.59 Å². The van der Waals surface area contributed by atoms with Crippen molar-refractivity contribution in [3.8, 4) is 0 Å². The highest BCUT2D eigenvalue weighted by Crippen LogP contribution is 2.19. The number of hydrogen-bond donors (Lipinski definition) is 3. The van der Waals surface area contributed by atoms with E-state index in [1.165, 1.54) is 0 Å². The van der Waals surface area contributed by atoms with Crippen LogP contribution in [-0.4, -0.2) is 29.6 Å². The molecule has 0 aliphatic heterocycles. The van der Waals surface area contributed by atoms with E-state index in [1.54, 1.807) is 25.1 Å². The van der Waals surface area contributed by atoms with Gasteiger partial charge in [0.1, 0.15) is 0 Å². The molecule has 0 radical (unpaired) electrons. The lowest BCUT2D eigenvalue weighted by Gasteiger charge is -2.14. The number of hydrogen-bond acceptors (Lipinski definition) is 3. The van der Waals surface area contributed by atoms with Gasteiger partial charge in [-0.05, 0) is 43.9 Å². The predicted molar refractivity (Wildman–Crippen MR) is 83.3 cm³/mol. The molecule has 0 aromatic heterocycles. The smallest absolute Gasteiger partial charge is 0.313 e. The van der Waals surface area contributed by atoms with Gasteiger partial charge >= 0.3 is 11.8 Å². The van der Waals surface area contributed by atoms with E-state index in [-0.39, 0.29) is 5.92 Å². The zero-order chi connectivity index (χ0) is 16.0. The molecule has 0 bridgehead atoms. The van der Waals surface area contributed by atoms with Gasteiger partial charge in [-0.25, -0.2) is 0 Å². The van der Waals surface area contributed by atoms with Gasteiger partial charge in [-0.1, -0.05) is 24.6 Å². The number of benzene rings is 1. The van der Waals surface area contributed by atoms with Gasteiger partial charge in [-0.15, -0.1) is 0 Å². The Morgan fingerprint density at radius 2 is 1.95 bits per heavy atom. The fourth-order valence-corrected chi connectivity index (χ4v) is 2.09. The van der Waals surface area contributed by atoms with Crippen molar-refractivity contribution in [2.75, 3.05) is 11.9 Å². The third-order valence-corrected chi connectivity index (χ3v) is 3.24.